The summed E-state index contributed by atoms with van der Waals surface area (Å²) in [6.07, 6.45) is 4.17. The van der Waals surface area contributed by atoms with Crippen LogP contribution < -0.4 is 15.6 Å². The molecule has 27 heavy (non-hydrogen) atoms. The molecule has 6 nitrogen and oxygen atoms in total. The summed E-state index contributed by atoms with van der Waals surface area (Å²) < 4.78 is 6.70. The summed E-state index contributed by atoms with van der Waals surface area (Å²) in [5.74, 6) is 0.694. The zero-order valence-electron chi connectivity index (χ0n) is 15.9. The van der Waals surface area contributed by atoms with Crippen LogP contribution >= 0.6 is 0 Å². The molecule has 1 N–H and O–H groups in total. The number of nitrogens with zero attached hydrogens (tertiary/aromatic N) is 1. The fourth-order valence-electron chi connectivity index (χ4n) is 3.14. The molecular weight excluding hydrogens is 344 g/mol. The summed E-state index contributed by atoms with van der Waals surface area (Å²) in [5.41, 5.74) is 1.83. The van der Waals surface area contributed by atoms with Gasteiger partial charge in [-0.25, -0.2) is 0 Å². The molecule has 0 radical (unpaired) electrons. The molecule has 0 atom stereocenters. The van der Waals surface area contributed by atoms with Gasteiger partial charge in [0.05, 0.1) is 13.7 Å². The minimum absolute atomic E-state index is 0.00983. The molecule has 1 fully saturated rings. The van der Waals surface area contributed by atoms with E-state index in [-0.39, 0.29) is 17.9 Å². The summed E-state index contributed by atoms with van der Waals surface area (Å²) >= 11 is 0. The Bertz CT molecular complexity index is 942. The van der Waals surface area contributed by atoms with Crippen molar-refractivity contribution < 1.29 is 14.3 Å². The van der Waals surface area contributed by atoms with Gasteiger partial charge < -0.3 is 14.6 Å². The van der Waals surface area contributed by atoms with Gasteiger partial charge in [0, 0.05) is 25.2 Å². The van der Waals surface area contributed by atoms with Gasteiger partial charge in [0.25, 0.3) is 11.5 Å². The van der Waals surface area contributed by atoms with E-state index in [0.717, 1.165) is 29.7 Å². The van der Waals surface area contributed by atoms with Crippen molar-refractivity contribution in [1.29, 1.82) is 0 Å². The van der Waals surface area contributed by atoms with E-state index in [0.29, 0.717) is 17.9 Å². The zero-order chi connectivity index (χ0) is 19.6. The number of carbonyl (C=O) groups excluding carboxylic acids is 2. The van der Waals surface area contributed by atoms with Crippen molar-refractivity contribution in [1.82, 2.24) is 9.88 Å². The molecule has 0 aliphatic heterocycles. The Balaban J connectivity index is 1.99. The van der Waals surface area contributed by atoms with Gasteiger partial charge in [0.15, 0.2) is 5.78 Å². The maximum absolute atomic E-state index is 12.8. The SMILES string of the molecule is CNC(=O)c1cc(C(=O)CC2CC2)cn(Cc2ccc(OC)c(C)c2)c1=O. The molecule has 2 aromatic rings. The highest BCUT2D eigenvalue weighted by molar-refractivity contribution is 6.00. The van der Waals surface area contributed by atoms with E-state index in [1.165, 1.54) is 17.7 Å². The van der Waals surface area contributed by atoms with Gasteiger partial charge in [-0.2, -0.15) is 0 Å². The van der Waals surface area contributed by atoms with E-state index in [1.54, 1.807) is 13.3 Å². The number of methoxy groups -OCH3 is 1. The quantitative estimate of drug-likeness (QED) is 0.762. The van der Waals surface area contributed by atoms with Crippen molar-refractivity contribution in [2.24, 2.45) is 5.92 Å². The van der Waals surface area contributed by atoms with Crippen LogP contribution in [-0.4, -0.2) is 30.4 Å². The van der Waals surface area contributed by atoms with Crippen molar-refractivity contribution in [3.63, 3.8) is 0 Å². The molecule has 0 bridgehead atoms. The second kappa shape index (κ2) is 7.78. The number of hydrogen-bond donors (Lipinski definition) is 1. The third-order valence-corrected chi connectivity index (χ3v) is 4.86. The Morgan fingerprint density at radius 1 is 1.26 bits per heavy atom. The third-order valence-electron chi connectivity index (χ3n) is 4.86. The number of hydrogen-bond acceptors (Lipinski definition) is 4. The molecule has 0 spiro atoms. The van der Waals surface area contributed by atoms with Crippen molar-refractivity contribution in [2.45, 2.75) is 32.7 Å². The van der Waals surface area contributed by atoms with Gasteiger partial charge >= 0.3 is 0 Å². The van der Waals surface area contributed by atoms with E-state index in [2.05, 4.69) is 5.32 Å². The Hall–Kier alpha value is -2.89. The fourth-order valence-corrected chi connectivity index (χ4v) is 3.14. The highest BCUT2D eigenvalue weighted by Crippen LogP contribution is 2.33. The number of benzene rings is 1. The minimum Gasteiger partial charge on any atom is -0.496 e. The number of Topliss-reactive ketones (excluding diaryl/α,β-unsaturated/α-hetero) is 1. The minimum atomic E-state index is -0.485. The predicted octanol–water partition coefficient (Wildman–Crippen LogP) is 2.56. The van der Waals surface area contributed by atoms with Crippen molar-refractivity contribution in [3.8, 4) is 5.75 Å². The molecule has 6 heteroatoms. The Morgan fingerprint density at radius 2 is 2.00 bits per heavy atom. The molecule has 1 aliphatic carbocycles. The molecular formula is C21H24N2O4. The number of aromatic nitrogens is 1. The lowest BCUT2D eigenvalue weighted by atomic mass is 10.0. The Morgan fingerprint density at radius 3 is 2.59 bits per heavy atom. The number of ketones is 1. The molecule has 1 saturated carbocycles. The Kier molecular flexibility index (Phi) is 5.44. The summed E-state index contributed by atoms with van der Waals surface area (Å²) in [5, 5.41) is 2.48. The topological polar surface area (TPSA) is 77.4 Å². The average molecular weight is 368 g/mol. The first-order valence-electron chi connectivity index (χ1n) is 9.06. The van der Waals surface area contributed by atoms with Crippen LogP contribution in [0.15, 0.2) is 35.3 Å². The van der Waals surface area contributed by atoms with Crippen LogP contribution in [0.5, 0.6) is 5.75 Å². The molecule has 1 heterocycles. The van der Waals surface area contributed by atoms with E-state index < -0.39 is 11.5 Å². The molecule has 0 saturated heterocycles. The molecule has 142 valence electrons. The van der Waals surface area contributed by atoms with Crippen molar-refractivity contribution in [2.75, 3.05) is 14.2 Å². The molecule has 3 rings (SSSR count). The molecule has 0 unspecified atom stereocenters. The van der Waals surface area contributed by atoms with E-state index in [1.807, 2.05) is 25.1 Å². The number of aryl methyl sites for hydroxylation is 1. The lowest BCUT2D eigenvalue weighted by molar-refractivity contribution is 0.0961. The molecule has 1 aliphatic rings. The molecule has 1 aromatic heterocycles. The monoisotopic (exact) mass is 368 g/mol. The number of pyridine rings is 1. The van der Waals surface area contributed by atoms with Crippen LogP contribution in [0.3, 0.4) is 0 Å². The van der Waals surface area contributed by atoms with Crippen LogP contribution in [0, 0.1) is 12.8 Å². The lowest BCUT2D eigenvalue weighted by Crippen LogP contribution is -2.32. The predicted molar refractivity (Wildman–Crippen MR) is 103 cm³/mol. The van der Waals surface area contributed by atoms with Crippen LogP contribution in [0.4, 0.5) is 0 Å². The lowest BCUT2D eigenvalue weighted by Gasteiger charge is -2.12. The maximum atomic E-state index is 12.8. The second-order valence-corrected chi connectivity index (χ2v) is 7.03. The van der Waals surface area contributed by atoms with Gasteiger partial charge in [-0.3, -0.25) is 14.4 Å². The first kappa shape index (κ1) is 18.9. The smallest absolute Gasteiger partial charge is 0.263 e. The van der Waals surface area contributed by atoms with Crippen molar-refractivity contribution in [3.05, 3.63) is 63.1 Å². The number of amides is 1. The molecule has 1 amide bonds. The van der Waals surface area contributed by atoms with Crippen LogP contribution in [0.2, 0.25) is 0 Å². The first-order chi connectivity index (χ1) is 12.9. The van der Waals surface area contributed by atoms with E-state index in [9.17, 15) is 14.4 Å². The van der Waals surface area contributed by atoms with Gasteiger partial charge in [-0.1, -0.05) is 12.1 Å². The highest BCUT2D eigenvalue weighted by Gasteiger charge is 2.26. The fraction of sp³-hybridized carbons (Fsp3) is 0.381. The first-order valence-corrected chi connectivity index (χ1v) is 9.06. The number of carbonyl (C=O) groups is 2. The van der Waals surface area contributed by atoms with Gasteiger partial charge in [0.2, 0.25) is 0 Å². The third kappa shape index (κ3) is 4.27. The number of rotatable bonds is 7. The van der Waals surface area contributed by atoms with Crippen LogP contribution in [-0.2, 0) is 6.54 Å². The van der Waals surface area contributed by atoms with Crippen molar-refractivity contribution >= 4 is 11.7 Å². The number of nitrogens with one attached hydrogen (secondary N) is 1. The van der Waals surface area contributed by atoms with Gasteiger partial charge in [0.1, 0.15) is 11.3 Å². The summed E-state index contributed by atoms with van der Waals surface area (Å²) in [6, 6.07) is 7.07. The van der Waals surface area contributed by atoms with Crippen LogP contribution in [0.25, 0.3) is 0 Å². The summed E-state index contributed by atoms with van der Waals surface area (Å²) in [4.78, 5) is 37.4. The van der Waals surface area contributed by atoms with E-state index >= 15 is 0 Å². The average Bonchev–Trinajstić information content (AvgIpc) is 3.46. The molecule has 1 aromatic carbocycles. The maximum Gasteiger partial charge on any atom is 0.263 e. The largest absolute Gasteiger partial charge is 0.496 e. The number of ether oxygens (including phenoxy) is 1. The zero-order valence-corrected chi connectivity index (χ0v) is 15.9. The van der Waals surface area contributed by atoms with Gasteiger partial charge in [-0.05, 0) is 48.9 Å². The highest BCUT2D eigenvalue weighted by atomic mass is 16.5. The summed E-state index contributed by atoms with van der Waals surface area (Å²) in [6.45, 7) is 2.20. The Labute approximate surface area is 158 Å². The standard InChI is InChI=1S/C21H24N2O4/c1-13-8-15(6-7-19(13)27-3)11-23-12-16(18(24)9-14-4-5-14)10-17(21(23)26)20(25)22-2/h6-8,10,12,14H,4-5,9,11H2,1-3H3,(H,22,25). The second-order valence-electron chi connectivity index (χ2n) is 7.03. The normalized spacial score (nSPS) is 13.3. The van der Waals surface area contributed by atoms with E-state index in [4.69, 9.17) is 4.74 Å². The summed E-state index contributed by atoms with van der Waals surface area (Å²) in [7, 11) is 3.08. The van der Waals surface area contributed by atoms with Crippen LogP contribution in [0.1, 0.15) is 51.1 Å². The van der Waals surface area contributed by atoms with Gasteiger partial charge in [-0.15, -0.1) is 0 Å².